The van der Waals surface area contributed by atoms with E-state index in [0.717, 1.165) is 44.1 Å². The maximum absolute atomic E-state index is 15.2. The van der Waals surface area contributed by atoms with Crippen LogP contribution in [0, 0.1) is 23.1 Å². The molecule has 1 aromatic rings. The average Bonchev–Trinajstić information content (AvgIpc) is 3.88. The number of halogens is 4. The van der Waals surface area contributed by atoms with Crippen molar-refractivity contribution in [1.29, 1.82) is 0 Å². The van der Waals surface area contributed by atoms with Gasteiger partial charge in [-0.2, -0.15) is 13.2 Å². The van der Waals surface area contributed by atoms with E-state index in [9.17, 15) is 18.0 Å². The Morgan fingerprint density at radius 2 is 2.00 bits per heavy atom. The Morgan fingerprint density at radius 3 is 2.65 bits per heavy atom. The van der Waals surface area contributed by atoms with Crippen LogP contribution in [0.4, 0.5) is 17.6 Å². The Hall–Kier alpha value is -3.46. The number of carbonyl (C=O) groups is 1. The number of nitrogens with one attached hydrogen (secondary N) is 1. The number of alkyl halides is 3. The van der Waals surface area contributed by atoms with Crippen LogP contribution in [0.25, 0.3) is 5.70 Å². The van der Waals surface area contributed by atoms with Crippen molar-refractivity contribution in [3.8, 4) is 0 Å². The van der Waals surface area contributed by atoms with Crippen molar-refractivity contribution in [1.82, 2.24) is 5.32 Å². The van der Waals surface area contributed by atoms with Gasteiger partial charge in [-0.05, 0) is 97.8 Å². The fraction of sp³-hybridized carbons (Fsp3) is 0.538. The molecule has 5 nitrogen and oxygen atoms in total. The first-order valence-corrected chi connectivity index (χ1v) is 17.3. The third-order valence-corrected chi connectivity index (χ3v) is 9.86. The molecule has 1 N–H and O–H groups in total. The van der Waals surface area contributed by atoms with E-state index in [4.69, 9.17) is 14.5 Å². The van der Waals surface area contributed by atoms with E-state index >= 15 is 4.39 Å². The number of methoxy groups -OCH3 is 1. The third-order valence-electron chi connectivity index (χ3n) is 9.86. The number of hydrogen-bond donors (Lipinski definition) is 1. The van der Waals surface area contributed by atoms with Crippen LogP contribution in [-0.4, -0.2) is 44.0 Å². The van der Waals surface area contributed by atoms with Gasteiger partial charge < -0.3 is 14.8 Å². The van der Waals surface area contributed by atoms with Crippen LogP contribution in [0.5, 0.6) is 0 Å². The van der Waals surface area contributed by atoms with Gasteiger partial charge in [0, 0.05) is 39.2 Å². The zero-order chi connectivity index (χ0) is 35.1. The van der Waals surface area contributed by atoms with Crippen LogP contribution in [0.15, 0.2) is 76.7 Å². The predicted octanol–water partition coefficient (Wildman–Crippen LogP) is 9.86. The lowest BCUT2D eigenvalue weighted by Crippen LogP contribution is -2.35. The summed E-state index contributed by atoms with van der Waals surface area (Å²) in [5.41, 5.74) is 2.95. The van der Waals surface area contributed by atoms with Gasteiger partial charge in [0.2, 0.25) is 0 Å². The Morgan fingerprint density at radius 1 is 1.25 bits per heavy atom. The van der Waals surface area contributed by atoms with Gasteiger partial charge in [0.1, 0.15) is 22.8 Å². The molecule has 0 bridgehead atoms. The number of aliphatic imine (C=N–C) groups is 1. The van der Waals surface area contributed by atoms with Crippen LogP contribution < -0.4 is 5.32 Å². The summed E-state index contributed by atoms with van der Waals surface area (Å²) in [6, 6.07) is 4.60. The summed E-state index contributed by atoms with van der Waals surface area (Å²) in [5, 5.41) is 3.41. The molecule has 3 unspecified atom stereocenters. The monoisotopic (exact) mass is 672 g/mol. The molecule has 48 heavy (non-hydrogen) atoms. The number of Topliss-reactive ketones (excluding diaryl/α,β-unsaturated/α-hetero) is 1. The van der Waals surface area contributed by atoms with Crippen LogP contribution in [0.1, 0.15) is 91.6 Å². The van der Waals surface area contributed by atoms with Gasteiger partial charge in [0.25, 0.3) is 0 Å². The van der Waals surface area contributed by atoms with Gasteiger partial charge in [-0.15, -0.1) is 0 Å². The van der Waals surface area contributed by atoms with Crippen LogP contribution in [0.3, 0.4) is 0 Å². The van der Waals surface area contributed by atoms with Crippen molar-refractivity contribution in [3.05, 3.63) is 88.6 Å². The maximum atomic E-state index is 15.2. The van der Waals surface area contributed by atoms with E-state index in [0.29, 0.717) is 17.2 Å². The van der Waals surface area contributed by atoms with Crippen molar-refractivity contribution in [3.63, 3.8) is 0 Å². The lowest BCUT2D eigenvalue weighted by atomic mass is 9.82. The second-order valence-corrected chi connectivity index (χ2v) is 13.1. The molecule has 0 radical (unpaired) electrons. The summed E-state index contributed by atoms with van der Waals surface area (Å²) in [4.78, 5) is 17.5. The van der Waals surface area contributed by atoms with Crippen molar-refractivity contribution in [2.24, 2.45) is 22.2 Å². The van der Waals surface area contributed by atoms with Crippen molar-refractivity contribution in [2.75, 3.05) is 20.3 Å². The highest BCUT2D eigenvalue weighted by Crippen LogP contribution is 2.62. The van der Waals surface area contributed by atoms with E-state index in [1.807, 2.05) is 13.8 Å². The number of rotatable bonds is 13. The summed E-state index contributed by atoms with van der Waals surface area (Å²) in [5.74, 6) is 0.255. The minimum atomic E-state index is -4.44. The number of carbonyl (C=O) groups excluding carboxylic acids is 1. The standard InChI is InChI=1S/C37H44F4N2O3.C2H6.H2/c1-5-25-22-46-14-11-26(25)7-6-8-27-20-32-33(17-24(27)3)43-34(21-42-32)29-10-9-28(31(38)19-29)18-30(44)15-23(2)16-35(45-4)36(12-13-36)37(39,40)41;1-2;/h9-10,16-17,19-21,25-26,32,42H,2,5-8,11-15,18,22H2,1,3-4H3;1-2H3;1H/b35-16-;;. The Labute approximate surface area is 284 Å². The molecule has 0 spiro atoms. The second-order valence-electron chi connectivity index (χ2n) is 13.1. The highest BCUT2D eigenvalue weighted by Gasteiger charge is 2.66. The maximum Gasteiger partial charge on any atom is 0.401 e. The molecular formula is C39H52F4N2O3. The molecule has 4 aliphatic rings. The molecule has 2 aliphatic carbocycles. The molecule has 0 aromatic heterocycles. The first kappa shape index (κ1) is 37.4. The smallest absolute Gasteiger partial charge is 0.401 e. The summed E-state index contributed by atoms with van der Waals surface area (Å²) < 4.78 is 66.3. The minimum Gasteiger partial charge on any atom is -0.500 e. The number of allylic oxidation sites excluding steroid dienone is 5. The largest absolute Gasteiger partial charge is 0.500 e. The lowest BCUT2D eigenvalue weighted by Gasteiger charge is -2.31. The average molecular weight is 673 g/mol. The first-order chi connectivity index (χ1) is 22.9. The SMILES string of the molecule is C=C(/C=C(\OC)C1(C(F)(F)F)CC1)CC(=O)Cc1ccc(C2=CNC3C=C(CCCC4CCOCC4CC)C(C)=CC3=N2)cc1F.CC.[HH]. The summed E-state index contributed by atoms with van der Waals surface area (Å²) in [6.07, 6.45) is 8.06. The molecule has 1 aromatic carbocycles. The van der Waals surface area contributed by atoms with Gasteiger partial charge >= 0.3 is 6.18 Å². The molecule has 9 heteroatoms. The van der Waals surface area contributed by atoms with Crippen molar-refractivity contribution in [2.45, 2.75) is 97.7 Å². The van der Waals surface area contributed by atoms with E-state index in [2.05, 4.69) is 37.9 Å². The Kier molecular flexibility index (Phi) is 12.7. The number of hydrogen-bond acceptors (Lipinski definition) is 5. The third kappa shape index (κ3) is 8.76. The number of ketones is 1. The first-order valence-electron chi connectivity index (χ1n) is 17.3. The Bertz CT molecular complexity index is 1500. The topological polar surface area (TPSA) is 59.9 Å². The van der Waals surface area contributed by atoms with E-state index < -0.39 is 17.4 Å². The predicted molar refractivity (Wildman–Crippen MR) is 186 cm³/mol. The zero-order valence-corrected chi connectivity index (χ0v) is 28.9. The zero-order valence-electron chi connectivity index (χ0n) is 28.9. The van der Waals surface area contributed by atoms with Gasteiger partial charge in [-0.25, -0.2) is 9.38 Å². The molecule has 2 aliphatic heterocycles. The Balaban J connectivity index is 0.00000213. The molecular weight excluding hydrogens is 620 g/mol. The fourth-order valence-corrected chi connectivity index (χ4v) is 6.85. The van der Waals surface area contributed by atoms with Crippen LogP contribution in [0.2, 0.25) is 0 Å². The molecule has 264 valence electrons. The van der Waals surface area contributed by atoms with Gasteiger partial charge in [0.15, 0.2) is 0 Å². The molecule has 3 atom stereocenters. The van der Waals surface area contributed by atoms with Gasteiger partial charge in [-0.1, -0.05) is 52.0 Å². The highest BCUT2D eigenvalue weighted by atomic mass is 19.4. The molecule has 1 saturated carbocycles. The van der Waals surface area contributed by atoms with Crippen LogP contribution >= 0.6 is 0 Å². The number of fused-ring (bicyclic) bond motifs is 1. The molecule has 5 rings (SSSR count). The second kappa shape index (κ2) is 16.3. The number of ether oxygens (including phenoxy) is 2. The molecule has 2 fully saturated rings. The summed E-state index contributed by atoms with van der Waals surface area (Å²) in [7, 11) is 1.18. The number of nitrogens with zero attached hydrogens (tertiary/aromatic N) is 1. The van der Waals surface area contributed by atoms with Gasteiger partial charge in [0.05, 0.1) is 24.6 Å². The van der Waals surface area contributed by atoms with Crippen molar-refractivity contribution >= 4 is 17.2 Å². The normalized spacial score (nSPS) is 23.2. The van der Waals surface area contributed by atoms with Crippen LogP contribution in [-0.2, 0) is 20.7 Å². The van der Waals surface area contributed by atoms with E-state index in [1.165, 1.54) is 43.2 Å². The number of benzene rings is 1. The van der Waals surface area contributed by atoms with Gasteiger partial charge in [-0.3, -0.25) is 4.79 Å². The molecule has 1 saturated heterocycles. The lowest BCUT2D eigenvalue weighted by molar-refractivity contribution is -0.184. The van der Waals surface area contributed by atoms with Crippen molar-refractivity contribution < 1.29 is 33.3 Å². The van der Waals surface area contributed by atoms with E-state index in [-0.39, 0.29) is 55.8 Å². The minimum absolute atomic E-state index is 0. The molecule has 0 amide bonds. The quantitative estimate of drug-likeness (QED) is 0.129. The highest BCUT2D eigenvalue weighted by molar-refractivity contribution is 6.06. The molecule has 2 heterocycles. The van der Waals surface area contributed by atoms with E-state index in [1.54, 1.807) is 18.3 Å². The fourth-order valence-electron chi connectivity index (χ4n) is 6.85. The summed E-state index contributed by atoms with van der Waals surface area (Å²) in [6.45, 7) is 13.9. The summed E-state index contributed by atoms with van der Waals surface area (Å²) >= 11 is 0.